The number of sulfonamides is 1. The molecule has 10 heteroatoms. The molecule has 0 aliphatic carbocycles. The molecule has 174 valence electrons. The number of amides is 1. The molecule has 1 atom stereocenters. The maximum atomic E-state index is 13.1. The topological polar surface area (TPSA) is 79.0 Å². The quantitative estimate of drug-likeness (QED) is 0.623. The molecule has 3 rings (SSSR count). The molecule has 32 heavy (non-hydrogen) atoms. The van der Waals surface area contributed by atoms with Crippen molar-refractivity contribution in [1.29, 1.82) is 0 Å². The van der Waals surface area contributed by atoms with Crippen molar-refractivity contribution in [2.45, 2.75) is 25.9 Å². The van der Waals surface area contributed by atoms with Crippen LogP contribution >= 0.6 is 11.6 Å². The fraction of sp³-hybridized carbons (Fsp3) is 0.409. The molecule has 1 N–H and O–H groups in total. The smallest absolute Gasteiger partial charge is 0.260 e. The second kappa shape index (κ2) is 10.5. The number of carbonyl (C=O) groups is 1. The zero-order chi connectivity index (χ0) is 23.3. The van der Waals surface area contributed by atoms with E-state index in [0.717, 1.165) is 18.2 Å². The van der Waals surface area contributed by atoms with E-state index in [-0.39, 0.29) is 35.8 Å². The third kappa shape index (κ3) is 6.82. The molecule has 0 aromatic heterocycles. The van der Waals surface area contributed by atoms with E-state index in [9.17, 15) is 17.6 Å². The van der Waals surface area contributed by atoms with Gasteiger partial charge in [-0.3, -0.25) is 14.4 Å². The molecule has 0 radical (unpaired) electrons. The standard InChI is InChI=1S/C22H27ClFN3O4S/c1-3-19-14-26(13-16-4-7-18(24)8-5-16)10-11-27(19)22(28)15-31-21-9-6-17(23)12-20(21)25-32(2,29)30/h4-9,12,19,25H,3,10-11,13-15H2,1-2H3/t19-/m1/s1. The number of rotatable bonds is 8. The van der Waals surface area contributed by atoms with Crippen LogP contribution in [0.15, 0.2) is 42.5 Å². The third-order valence-electron chi connectivity index (χ3n) is 5.27. The lowest BCUT2D eigenvalue weighted by Crippen LogP contribution is -2.55. The number of benzene rings is 2. The zero-order valence-corrected chi connectivity index (χ0v) is 19.6. The van der Waals surface area contributed by atoms with Gasteiger partial charge in [0.1, 0.15) is 11.6 Å². The Hall–Kier alpha value is -2.36. The summed E-state index contributed by atoms with van der Waals surface area (Å²) in [6.45, 7) is 4.47. The lowest BCUT2D eigenvalue weighted by atomic mass is 10.1. The van der Waals surface area contributed by atoms with Gasteiger partial charge < -0.3 is 9.64 Å². The lowest BCUT2D eigenvalue weighted by Gasteiger charge is -2.41. The summed E-state index contributed by atoms with van der Waals surface area (Å²) in [6.07, 6.45) is 1.81. The maximum absolute atomic E-state index is 13.1. The van der Waals surface area contributed by atoms with Crippen LogP contribution in [0.1, 0.15) is 18.9 Å². The summed E-state index contributed by atoms with van der Waals surface area (Å²) in [5, 5.41) is 0.346. The molecule has 2 aromatic carbocycles. The van der Waals surface area contributed by atoms with Gasteiger partial charge >= 0.3 is 0 Å². The molecule has 2 aromatic rings. The Morgan fingerprint density at radius 1 is 1.22 bits per heavy atom. The number of piperazine rings is 1. The molecule has 0 bridgehead atoms. The van der Waals surface area contributed by atoms with E-state index in [0.29, 0.717) is 31.2 Å². The molecule has 1 saturated heterocycles. The molecule has 1 amide bonds. The molecular weight excluding hydrogens is 457 g/mol. The van der Waals surface area contributed by atoms with Crippen molar-refractivity contribution >= 4 is 33.2 Å². The lowest BCUT2D eigenvalue weighted by molar-refractivity contribution is -0.138. The molecule has 1 aliphatic heterocycles. The van der Waals surface area contributed by atoms with E-state index < -0.39 is 10.0 Å². The average Bonchev–Trinajstić information content (AvgIpc) is 2.73. The Morgan fingerprint density at radius 3 is 2.59 bits per heavy atom. The van der Waals surface area contributed by atoms with Crippen LogP contribution in [0.5, 0.6) is 5.75 Å². The summed E-state index contributed by atoms with van der Waals surface area (Å²) in [4.78, 5) is 16.9. The Labute approximate surface area is 193 Å². The molecule has 0 unspecified atom stereocenters. The SMILES string of the molecule is CC[C@@H]1CN(Cc2ccc(F)cc2)CCN1C(=O)COc1ccc(Cl)cc1NS(C)(=O)=O. The minimum Gasteiger partial charge on any atom is -0.482 e. The monoisotopic (exact) mass is 483 g/mol. The number of carbonyl (C=O) groups excluding carboxylic acids is 1. The minimum absolute atomic E-state index is 0.0270. The van der Waals surface area contributed by atoms with Gasteiger partial charge in [0.2, 0.25) is 10.0 Å². The number of hydrogen-bond donors (Lipinski definition) is 1. The molecule has 1 heterocycles. The number of nitrogens with zero attached hydrogens (tertiary/aromatic N) is 2. The van der Waals surface area contributed by atoms with E-state index >= 15 is 0 Å². The average molecular weight is 484 g/mol. The number of halogens is 2. The summed E-state index contributed by atoms with van der Waals surface area (Å²) >= 11 is 5.96. The Kier molecular flexibility index (Phi) is 7.97. The Balaban J connectivity index is 1.60. The second-order valence-corrected chi connectivity index (χ2v) is 10.00. The van der Waals surface area contributed by atoms with Gasteiger partial charge in [0.15, 0.2) is 6.61 Å². The van der Waals surface area contributed by atoms with Crippen molar-refractivity contribution in [3.8, 4) is 5.75 Å². The highest BCUT2D eigenvalue weighted by Gasteiger charge is 2.29. The van der Waals surface area contributed by atoms with E-state index in [1.54, 1.807) is 23.1 Å². The first-order valence-corrected chi connectivity index (χ1v) is 12.6. The van der Waals surface area contributed by atoms with Gasteiger partial charge in [0.25, 0.3) is 5.91 Å². The van der Waals surface area contributed by atoms with Gasteiger partial charge in [-0.1, -0.05) is 30.7 Å². The maximum Gasteiger partial charge on any atom is 0.260 e. The van der Waals surface area contributed by atoms with Crippen LogP contribution in [0.2, 0.25) is 5.02 Å². The molecular formula is C22H27ClFN3O4S. The molecule has 1 aliphatic rings. The van der Waals surface area contributed by atoms with Crippen LogP contribution in [0.25, 0.3) is 0 Å². The predicted octanol–water partition coefficient (Wildman–Crippen LogP) is 3.35. The summed E-state index contributed by atoms with van der Waals surface area (Å²) < 4.78 is 44.3. The van der Waals surface area contributed by atoms with Crippen LogP contribution in [0.4, 0.5) is 10.1 Å². The van der Waals surface area contributed by atoms with Crippen molar-refractivity contribution in [3.63, 3.8) is 0 Å². The van der Waals surface area contributed by atoms with Crippen molar-refractivity contribution < 1.29 is 22.3 Å². The molecule has 0 saturated carbocycles. The van der Waals surface area contributed by atoms with Crippen molar-refractivity contribution in [1.82, 2.24) is 9.80 Å². The van der Waals surface area contributed by atoms with E-state index in [1.165, 1.54) is 24.3 Å². The van der Waals surface area contributed by atoms with Gasteiger partial charge in [-0.05, 0) is 42.3 Å². The van der Waals surface area contributed by atoms with Crippen LogP contribution in [0, 0.1) is 5.82 Å². The fourth-order valence-electron chi connectivity index (χ4n) is 3.72. The zero-order valence-electron chi connectivity index (χ0n) is 18.1. The van der Waals surface area contributed by atoms with Gasteiger partial charge in [0, 0.05) is 37.2 Å². The van der Waals surface area contributed by atoms with Gasteiger partial charge in [-0.15, -0.1) is 0 Å². The van der Waals surface area contributed by atoms with Crippen LogP contribution in [0.3, 0.4) is 0 Å². The predicted molar refractivity (Wildman–Crippen MR) is 123 cm³/mol. The van der Waals surface area contributed by atoms with E-state index in [4.69, 9.17) is 16.3 Å². The molecule has 7 nitrogen and oxygen atoms in total. The number of nitrogens with one attached hydrogen (secondary N) is 1. The Bertz CT molecular complexity index is 1050. The summed E-state index contributed by atoms with van der Waals surface area (Å²) in [5.41, 5.74) is 1.21. The summed E-state index contributed by atoms with van der Waals surface area (Å²) in [5.74, 6) is -0.194. The fourth-order valence-corrected chi connectivity index (χ4v) is 4.45. The highest BCUT2D eigenvalue weighted by atomic mass is 35.5. The first kappa shape index (κ1) is 24.3. The Morgan fingerprint density at radius 2 is 1.94 bits per heavy atom. The second-order valence-electron chi connectivity index (χ2n) is 7.81. The van der Waals surface area contributed by atoms with E-state index in [1.807, 2.05) is 6.92 Å². The number of anilines is 1. The van der Waals surface area contributed by atoms with E-state index in [2.05, 4.69) is 9.62 Å². The molecule has 0 spiro atoms. The third-order valence-corrected chi connectivity index (χ3v) is 6.09. The highest BCUT2D eigenvalue weighted by molar-refractivity contribution is 7.92. The largest absolute Gasteiger partial charge is 0.482 e. The van der Waals surface area contributed by atoms with Crippen LogP contribution in [-0.2, 0) is 21.4 Å². The highest BCUT2D eigenvalue weighted by Crippen LogP contribution is 2.29. The normalized spacial score (nSPS) is 17.2. The van der Waals surface area contributed by atoms with Crippen LogP contribution in [-0.4, -0.2) is 62.7 Å². The van der Waals surface area contributed by atoms with Crippen molar-refractivity contribution in [2.75, 3.05) is 37.2 Å². The van der Waals surface area contributed by atoms with Crippen molar-refractivity contribution in [3.05, 3.63) is 58.9 Å². The van der Waals surface area contributed by atoms with Crippen molar-refractivity contribution in [2.24, 2.45) is 0 Å². The first-order valence-electron chi connectivity index (χ1n) is 10.3. The molecule has 1 fully saturated rings. The first-order chi connectivity index (χ1) is 15.1. The summed E-state index contributed by atoms with van der Waals surface area (Å²) in [7, 11) is -3.53. The van der Waals surface area contributed by atoms with Crippen LogP contribution < -0.4 is 9.46 Å². The number of hydrogen-bond acceptors (Lipinski definition) is 5. The van der Waals surface area contributed by atoms with Gasteiger partial charge in [-0.25, -0.2) is 12.8 Å². The van der Waals surface area contributed by atoms with Gasteiger partial charge in [0.05, 0.1) is 11.9 Å². The minimum atomic E-state index is -3.53. The van der Waals surface area contributed by atoms with Gasteiger partial charge in [-0.2, -0.15) is 0 Å². The summed E-state index contributed by atoms with van der Waals surface area (Å²) in [6, 6.07) is 11.0. The number of ether oxygens (including phenoxy) is 1.